The van der Waals surface area contributed by atoms with Gasteiger partial charge in [-0.1, -0.05) is 25.3 Å². The zero-order valence-corrected chi connectivity index (χ0v) is 12.9. The van der Waals surface area contributed by atoms with E-state index in [-0.39, 0.29) is 5.92 Å². The molecule has 0 N–H and O–H groups in total. The molecule has 2 saturated carbocycles. The fraction of sp³-hybridized carbons (Fsp3) is 0.611. The summed E-state index contributed by atoms with van der Waals surface area (Å²) in [4.78, 5) is 14.9. The highest BCUT2D eigenvalue weighted by Gasteiger charge is 2.36. The van der Waals surface area contributed by atoms with Crippen LogP contribution in [0.4, 0.5) is 0 Å². The zero-order chi connectivity index (χ0) is 14.9. The summed E-state index contributed by atoms with van der Waals surface area (Å²) in [5.41, 5.74) is 1.14. The van der Waals surface area contributed by atoms with Crippen LogP contribution in [0.25, 0.3) is 0 Å². The largest absolute Gasteiger partial charge is 0.454 e. The summed E-state index contributed by atoms with van der Waals surface area (Å²) in [6, 6.07) is 6.47. The van der Waals surface area contributed by atoms with E-state index >= 15 is 0 Å². The van der Waals surface area contributed by atoms with Crippen LogP contribution in [0.1, 0.15) is 50.5 Å². The molecule has 2 aliphatic carbocycles. The first-order valence-electron chi connectivity index (χ1n) is 8.50. The van der Waals surface area contributed by atoms with Gasteiger partial charge in [-0.2, -0.15) is 0 Å². The summed E-state index contributed by atoms with van der Waals surface area (Å²) in [5, 5.41) is 0. The third-order valence-corrected chi connectivity index (χ3v) is 5.02. The molecule has 0 atom stereocenters. The summed E-state index contributed by atoms with van der Waals surface area (Å²) in [5.74, 6) is 2.27. The third kappa shape index (κ3) is 2.79. The first-order valence-corrected chi connectivity index (χ1v) is 8.50. The van der Waals surface area contributed by atoms with Gasteiger partial charge in [0, 0.05) is 18.5 Å². The molecule has 1 aliphatic heterocycles. The maximum Gasteiger partial charge on any atom is 0.231 e. The van der Waals surface area contributed by atoms with Gasteiger partial charge in [-0.3, -0.25) is 4.79 Å². The van der Waals surface area contributed by atoms with E-state index < -0.39 is 0 Å². The molecule has 0 unspecified atom stereocenters. The van der Waals surface area contributed by atoms with Crippen molar-refractivity contribution in [3.63, 3.8) is 0 Å². The fourth-order valence-electron chi connectivity index (χ4n) is 3.58. The van der Waals surface area contributed by atoms with Crippen molar-refractivity contribution in [3.05, 3.63) is 23.8 Å². The Kier molecular flexibility index (Phi) is 3.68. The lowest BCUT2D eigenvalue weighted by Crippen LogP contribution is -2.41. The Morgan fingerprint density at radius 1 is 1.05 bits per heavy atom. The van der Waals surface area contributed by atoms with E-state index in [9.17, 15) is 4.79 Å². The lowest BCUT2D eigenvalue weighted by molar-refractivity contribution is -0.136. The Hall–Kier alpha value is -1.71. The predicted molar refractivity (Wildman–Crippen MR) is 82.7 cm³/mol. The number of carbonyl (C=O) groups excluding carboxylic acids is 1. The molecule has 1 aromatic carbocycles. The van der Waals surface area contributed by atoms with Crippen molar-refractivity contribution >= 4 is 5.91 Å². The molecule has 2 fully saturated rings. The lowest BCUT2D eigenvalue weighted by Gasteiger charge is -2.34. The van der Waals surface area contributed by atoms with Gasteiger partial charge >= 0.3 is 0 Å². The first kappa shape index (κ1) is 13.9. The highest BCUT2D eigenvalue weighted by molar-refractivity contribution is 5.81. The van der Waals surface area contributed by atoms with Crippen LogP contribution in [0.5, 0.6) is 11.5 Å². The maximum atomic E-state index is 12.7. The standard InChI is InChI=1S/C18H23NO3/c20-18(14-7-8-14)19(15-4-2-1-3-5-15)11-13-6-9-16-17(10-13)22-12-21-16/h6,9-10,14-15H,1-5,7-8,11-12H2. The van der Waals surface area contributed by atoms with Gasteiger partial charge in [-0.15, -0.1) is 0 Å². The van der Waals surface area contributed by atoms with Crippen molar-refractivity contribution in [3.8, 4) is 11.5 Å². The van der Waals surface area contributed by atoms with Crippen LogP contribution in [0.2, 0.25) is 0 Å². The summed E-state index contributed by atoms with van der Waals surface area (Å²) in [6.45, 7) is 1.00. The quantitative estimate of drug-likeness (QED) is 0.854. The van der Waals surface area contributed by atoms with Gasteiger partial charge < -0.3 is 14.4 Å². The molecule has 118 valence electrons. The van der Waals surface area contributed by atoms with Crippen molar-refractivity contribution in [2.24, 2.45) is 5.92 Å². The average molecular weight is 301 g/mol. The van der Waals surface area contributed by atoms with E-state index in [1.807, 2.05) is 12.1 Å². The van der Waals surface area contributed by atoms with Crippen LogP contribution < -0.4 is 9.47 Å². The number of fused-ring (bicyclic) bond motifs is 1. The highest BCUT2D eigenvalue weighted by atomic mass is 16.7. The molecule has 0 spiro atoms. The second-order valence-corrected chi connectivity index (χ2v) is 6.72. The van der Waals surface area contributed by atoms with Crippen LogP contribution in [-0.4, -0.2) is 23.6 Å². The van der Waals surface area contributed by atoms with Gasteiger partial charge in [-0.05, 0) is 43.4 Å². The summed E-state index contributed by atoms with van der Waals surface area (Å²) < 4.78 is 10.8. The van der Waals surface area contributed by atoms with E-state index in [4.69, 9.17) is 9.47 Å². The number of benzene rings is 1. The monoisotopic (exact) mass is 301 g/mol. The minimum absolute atomic E-state index is 0.288. The Labute approximate surface area is 131 Å². The number of hydrogen-bond donors (Lipinski definition) is 0. The van der Waals surface area contributed by atoms with Crippen molar-refractivity contribution in [2.45, 2.75) is 57.5 Å². The van der Waals surface area contributed by atoms with Gasteiger partial charge in [0.15, 0.2) is 11.5 Å². The van der Waals surface area contributed by atoms with Crippen LogP contribution >= 0.6 is 0 Å². The number of ether oxygens (including phenoxy) is 2. The third-order valence-electron chi connectivity index (χ3n) is 5.02. The molecule has 1 heterocycles. The normalized spacial score (nSPS) is 20.9. The highest BCUT2D eigenvalue weighted by Crippen LogP contribution is 2.36. The van der Waals surface area contributed by atoms with E-state index in [1.165, 1.54) is 19.3 Å². The Balaban J connectivity index is 1.53. The minimum Gasteiger partial charge on any atom is -0.454 e. The number of hydrogen-bond acceptors (Lipinski definition) is 3. The van der Waals surface area contributed by atoms with E-state index in [2.05, 4.69) is 11.0 Å². The molecule has 0 bridgehead atoms. The summed E-state index contributed by atoms with van der Waals surface area (Å²) in [6.07, 6.45) is 8.27. The van der Waals surface area contributed by atoms with Crippen molar-refractivity contribution in [1.29, 1.82) is 0 Å². The number of rotatable bonds is 4. The molecule has 4 rings (SSSR count). The minimum atomic E-state index is 0.288. The maximum absolute atomic E-state index is 12.7. The van der Waals surface area contributed by atoms with Crippen LogP contribution in [0.3, 0.4) is 0 Å². The van der Waals surface area contributed by atoms with Crippen molar-refractivity contribution in [1.82, 2.24) is 4.90 Å². The first-order chi connectivity index (χ1) is 10.8. The smallest absolute Gasteiger partial charge is 0.231 e. The van der Waals surface area contributed by atoms with Gasteiger partial charge in [-0.25, -0.2) is 0 Å². The van der Waals surface area contributed by atoms with Crippen LogP contribution in [-0.2, 0) is 11.3 Å². The molecule has 3 aliphatic rings. The average Bonchev–Trinajstić information content (AvgIpc) is 3.31. The second kappa shape index (κ2) is 5.82. The molecule has 22 heavy (non-hydrogen) atoms. The Morgan fingerprint density at radius 3 is 2.59 bits per heavy atom. The van der Waals surface area contributed by atoms with Gasteiger partial charge in [0.1, 0.15) is 0 Å². The van der Waals surface area contributed by atoms with Gasteiger partial charge in [0.05, 0.1) is 0 Å². The van der Waals surface area contributed by atoms with Gasteiger partial charge in [0.2, 0.25) is 12.7 Å². The van der Waals surface area contributed by atoms with Crippen LogP contribution in [0.15, 0.2) is 18.2 Å². The number of nitrogens with zero attached hydrogens (tertiary/aromatic N) is 1. The summed E-state index contributed by atoms with van der Waals surface area (Å²) >= 11 is 0. The van der Waals surface area contributed by atoms with E-state index in [0.717, 1.165) is 42.7 Å². The molecule has 0 aromatic heterocycles. The SMILES string of the molecule is O=C(C1CC1)N(Cc1ccc2c(c1)OCO2)C1CCCCC1. The fourth-order valence-corrected chi connectivity index (χ4v) is 3.58. The second-order valence-electron chi connectivity index (χ2n) is 6.72. The van der Waals surface area contributed by atoms with Crippen LogP contribution in [0, 0.1) is 5.92 Å². The molecule has 4 heteroatoms. The van der Waals surface area contributed by atoms with Gasteiger partial charge in [0.25, 0.3) is 0 Å². The summed E-state index contributed by atoms with van der Waals surface area (Å²) in [7, 11) is 0. The molecule has 1 amide bonds. The number of amides is 1. The Morgan fingerprint density at radius 2 is 1.82 bits per heavy atom. The number of carbonyl (C=O) groups is 1. The topological polar surface area (TPSA) is 38.8 Å². The molecular weight excluding hydrogens is 278 g/mol. The zero-order valence-electron chi connectivity index (χ0n) is 12.9. The van der Waals surface area contributed by atoms with Crippen molar-refractivity contribution < 1.29 is 14.3 Å². The lowest BCUT2D eigenvalue weighted by atomic mass is 9.93. The molecule has 0 saturated heterocycles. The predicted octanol–water partition coefficient (Wildman–Crippen LogP) is 3.49. The van der Waals surface area contributed by atoms with Crippen molar-refractivity contribution in [2.75, 3.05) is 6.79 Å². The van der Waals surface area contributed by atoms with E-state index in [0.29, 0.717) is 25.3 Å². The molecule has 1 aromatic rings. The Bertz CT molecular complexity index is 561. The molecule has 4 nitrogen and oxygen atoms in total. The van der Waals surface area contributed by atoms with E-state index in [1.54, 1.807) is 0 Å². The molecule has 0 radical (unpaired) electrons. The molecular formula is C18H23NO3.